The summed E-state index contributed by atoms with van der Waals surface area (Å²) in [6.07, 6.45) is 0.542. The Morgan fingerprint density at radius 1 is 1.42 bits per heavy atom. The molecule has 0 unspecified atom stereocenters. The Labute approximate surface area is 148 Å². The van der Waals surface area contributed by atoms with Gasteiger partial charge in [0.2, 0.25) is 5.89 Å². The average molecular weight is 362 g/mol. The van der Waals surface area contributed by atoms with Gasteiger partial charge >= 0.3 is 6.03 Å². The molecular weight excluding hydrogens is 343 g/mol. The third-order valence-electron chi connectivity index (χ3n) is 3.66. The summed E-state index contributed by atoms with van der Waals surface area (Å²) in [6.45, 7) is 0.856. The van der Waals surface area contributed by atoms with E-state index >= 15 is 0 Å². The highest BCUT2D eigenvalue weighted by molar-refractivity contribution is 5.76. The van der Waals surface area contributed by atoms with Gasteiger partial charge in [0.05, 0.1) is 30.7 Å². The van der Waals surface area contributed by atoms with E-state index in [1.807, 2.05) is 0 Å². The van der Waals surface area contributed by atoms with Gasteiger partial charge in [-0.1, -0.05) is 5.16 Å². The minimum Gasteiger partial charge on any atom is -0.384 e. The van der Waals surface area contributed by atoms with Crippen LogP contribution in [0, 0.1) is 5.82 Å². The van der Waals surface area contributed by atoms with Gasteiger partial charge in [-0.25, -0.2) is 14.2 Å². The molecule has 3 aromatic rings. The number of halogens is 1. The lowest BCUT2D eigenvalue weighted by Crippen LogP contribution is -2.36. The van der Waals surface area contributed by atoms with Crippen molar-refractivity contribution >= 4 is 17.1 Å². The molecule has 3 rings (SSSR count). The van der Waals surface area contributed by atoms with Gasteiger partial charge in [0.25, 0.3) is 0 Å². The van der Waals surface area contributed by atoms with E-state index in [2.05, 4.69) is 25.4 Å². The fraction of sp³-hybridized carbons (Fsp3) is 0.375. The Kier molecular flexibility index (Phi) is 5.42. The van der Waals surface area contributed by atoms with Gasteiger partial charge in [-0.3, -0.25) is 0 Å². The summed E-state index contributed by atoms with van der Waals surface area (Å²) in [5, 5.41) is 6.49. The highest BCUT2D eigenvalue weighted by atomic mass is 19.1. The van der Waals surface area contributed by atoms with Crippen LogP contribution in [0.25, 0.3) is 11.0 Å². The number of nitrogens with zero attached hydrogens (tertiary/aromatic N) is 4. The molecule has 0 atom stereocenters. The summed E-state index contributed by atoms with van der Waals surface area (Å²) >= 11 is 0. The van der Waals surface area contributed by atoms with Crippen LogP contribution < -0.4 is 5.32 Å². The van der Waals surface area contributed by atoms with Crippen LogP contribution in [-0.4, -0.2) is 51.8 Å². The largest absolute Gasteiger partial charge is 0.384 e. The van der Waals surface area contributed by atoms with Crippen LogP contribution in [0.15, 0.2) is 22.7 Å². The highest BCUT2D eigenvalue weighted by Gasteiger charge is 2.13. The molecule has 2 N–H and O–H groups in total. The maximum atomic E-state index is 13.2. The summed E-state index contributed by atoms with van der Waals surface area (Å²) in [5.74, 6) is 1.06. The number of carbonyl (C=O) groups excluding carboxylic acids is 1. The maximum Gasteiger partial charge on any atom is 0.317 e. The van der Waals surface area contributed by atoms with E-state index in [1.54, 1.807) is 20.2 Å². The van der Waals surface area contributed by atoms with Crippen LogP contribution in [0.2, 0.25) is 0 Å². The number of urea groups is 1. The first-order chi connectivity index (χ1) is 12.5. The number of hydrogen-bond acceptors (Lipinski definition) is 6. The van der Waals surface area contributed by atoms with Gasteiger partial charge in [-0.2, -0.15) is 4.98 Å². The standard InChI is InChI=1S/C16H19FN6O3/c1-23(9-14-19-11-4-3-10(17)7-12(11)20-14)16(24)18-8-15-21-13(22-26-15)5-6-25-2/h3-4,7H,5-6,8-9H2,1-2H3,(H,18,24)(H,19,20). The van der Waals surface area contributed by atoms with E-state index < -0.39 is 0 Å². The number of hydrogen-bond donors (Lipinski definition) is 2. The summed E-state index contributed by atoms with van der Waals surface area (Å²) in [6, 6.07) is 3.96. The quantitative estimate of drug-likeness (QED) is 0.661. The van der Waals surface area contributed by atoms with Crippen LogP contribution in [0.4, 0.5) is 9.18 Å². The second kappa shape index (κ2) is 7.91. The van der Waals surface area contributed by atoms with E-state index in [0.717, 1.165) is 0 Å². The number of carbonyl (C=O) groups is 1. The molecule has 0 saturated heterocycles. The van der Waals surface area contributed by atoms with Gasteiger partial charge in [0.1, 0.15) is 11.6 Å². The minimum absolute atomic E-state index is 0.120. The zero-order valence-corrected chi connectivity index (χ0v) is 14.5. The van der Waals surface area contributed by atoms with Gasteiger partial charge in [-0.15, -0.1) is 0 Å². The van der Waals surface area contributed by atoms with E-state index in [-0.39, 0.29) is 24.9 Å². The first kappa shape index (κ1) is 17.8. The predicted octanol–water partition coefficient (Wildman–Crippen LogP) is 1.62. The number of aromatic amines is 1. The zero-order chi connectivity index (χ0) is 18.5. The van der Waals surface area contributed by atoms with Crippen LogP contribution in [0.1, 0.15) is 17.5 Å². The lowest BCUT2D eigenvalue weighted by molar-refractivity contribution is 0.199. The lowest BCUT2D eigenvalue weighted by atomic mass is 10.3. The van der Waals surface area contributed by atoms with Crippen molar-refractivity contribution < 1.29 is 18.4 Å². The van der Waals surface area contributed by atoms with Crippen LogP contribution in [-0.2, 0) is 24.2 Å². The molecule has 26 heavy (non-hydrogen) atoms. The molecule has 2 aromatic heterocycles. The number of fused-ring (bicyclic) bond motifs is 1. The third kappa shape index (κ3) is 4.33. The highest BCUT2D eigenvalue weighted by Crippen LogP contribution is 2.13. The van der Waals surface area contributed by atoms with E-state index in [0.29, 0.717) is 41.6 Å². The van der Waals surface area contributed by atoms with Crippen LogP contribution in [0.3, 0.4) is 0 Å². The predicted molar refractivity (Wildman–Crippen MR) is 89.6 cm³/mol. The van der Waals surface area contributed by atoms with Crippen molar-refractivity contribution in [1.29, 1.82) is 0 Å². The maximum absolute atomic E-state index is 13.2. The minimum atomic E-state index is -0.344. The van der Waals surface area contributed by atoms with Crippen molar-refractivity contribution in [2.24, 2.45) is 0 Å². The topological polar surface area (TPSA) is 109 Å². The normalized spacial score (nSPS) is 11.0. The Morgan fingerprint density at radius 2 is 2.27 bits per heavy atom. The average Bonchev–Trinajstić information content (AvgIpc) is 3.23. The number of imidazole rings is 1. The number of aromatic nitrogens is 4. The van der Waals surface area contributed by atoms with Gasteiger partial charge < -0.3 is 24.5 Å². The van der Waals surface area contributed by atoms with Crippen molar-refractivity contribution in [3.8, 4) is 0 Å². The molecule has 10 heteroatoms. The number of amides is 2. The Hall–Kier alpha value is -3.01. The number of methoxy groups -OCH3 is 1. The molecule has 9 nitrogen and oxygen atoms in total. The number of ether oxygens (including phenoxy) is 1. The van der Waals surface area contributed by atoms with E-state index in [4.69, 9.17) is 9.26 Å². The first-order valence-electron chi connectivity index (χ1n) is 7.98. The zero-order valence-electron chi connectivity index (χ0n) is 14.5. The molecule has 2 amide bonds. The first-order valence-corrected chi connectivity index (χ1v) is 7.98. The Morgan fingerprint density at radius 3 is 3.08 bits per heavy atom. The monoisotopic (exact) mass is 362 g/mol. The molecule has 0 aliphatic heterocycles. The van der Waals surface area contributed by atoms with Crippen molar-refractivity contribution in [3.05, 3.63) is 41.6 Å². The summed E-state index contributed by atoms with van der Waals surface area (Å²) < 4.78 is 23.2. The summed E-state index contributed by atoms with van der Waals surface area (Å²) in [7, 11) is 3.22. The Balaban J connectivity index is 1.53. The van der Waals surface area contributed by atoms with Crippen molar-refractivity contribution in [1.82, 2.24) is 30.3 Å². The van der Waals surface area contributed by atoms with E-state index in [9.17, 15) is 9.18 Å². The van der Waals surface area contributed by atoms with Crippen molar-refractivity contribution in [3.63, 3.8) is 0 Å². The molecule has 0 bridgehead atoms. The molecule has 2 heterocycles. The molecule has 0 radical (unpaired) electrons. The molecule has 0 aliphatic carbocycles. The molecule has 0 aliphatic rings. The molecular formula is C16H19FN6O3. The Bertz CT molecular complexity index is 893. The fourth-order valence-corrected chi connectivity index (χ4v) is 2.35. The van der Waals surface area contributed by atoms with Crippen molar-refractivity contribution in [2.45, 2.75) is 19.5 Å². The summed E-state index contributed by atoms with van der Waals surface area (Å²) in [4.78, 5) is 25.1. The van der Waals surface area contributed by atoms with Crippen molar-refractivity contribution in [2.75, 3.05) is 20.8 Å². The molecule has 1 aromatic carbocycles. The number of benzene rings is 1. The lowest BCUT2D eigenvalue weighted by Gasteiger charge is -2.15. The van der Waals surface area contributed by atoms with Crippen LogP contribution >= 0.6 is 0 Å². The number of rotatable bonds is 7. The van der Waals surface area contributed by atoms with Crippen LogP contribution in [0.5, 0.6) is 0 Å². The molecule has 138 valence electrons. The van der Waals surface area contributed by atoms with Gasteiger partial charge in [-0.05, 0) is 18.2 Å². The summed E-state index contributed by atoms with van der Waals surface area (Å²) in [5.41, 5.74) is 1.23. The second-order valence-electron chi connectivity index (χ2n) is 5.71. The molecule has 0 spiro atoms. The second-order valence-corrected chi connectivity index (χ2v) is 5.71. The molecule has 0 fully saturated rings. The van der Waals surface area contributed by atoms with Gasteiger partial charge in [0, 0.05) is 20.6 Å². The number of H-pyrrole nitrogens is 1. The number of nitrogens with one attached hydrogen (secondary N) is 2. The smallest absolute Gasteiger partial charge is 0.317 e. The fourth-order valence-electron chi connectivity index (χ4n) is 2.35. The SMILES string of the molecule is COCCc1noc(CNC(=O)N(C)Cc2nc3ccc(F)cc3[nH]2)n1. The van der Waals surface area contributed by atoms with E-state index in [1.165, 1.54) is 17.0 Å². The van der Waals surface area contributed by atoms with Gasteiger partial charge in [0.15, 0.2) is 5.82 Å². The third-order valence-corrected chi connectivity index (χ3v) is 3.66. The molecule has 0 saturated carbocycles.